The number of piperidine rings is 1. The van der Waals surface area contributed by atoms with Crippen molar-refractivity contribution in [3.63, 3.8) is 0 Å². The van der Waals surface area contributed by atoms with Gasteiger partial charge in [0.2, 0.25) is 0 Å². The van der Waals surface area contributed by atoms with Crippen molar-refractivity contribution in [1.82, 2.24) is 4.90 Å². The molecule has 3 aromatic rings. The Morgan fingerprint density at radius 2 is 1.73 bits per heavy atom. The molecule has 3 aromatic carbocycles. The van der Waals surface area contributed by atoms with Gasteiger partial charge in [-0.05, 0) is 54.1 Å². The van der Waals surface area contributed by atoms with E-state index in [4.69, 9.17) is 27.9 Å². The van der Waals surface area contributed by atoms with Crippen molar-refractivity contribution in [3.8, 4) is 5.75 Å². The highest BCUT2D eigenvalue weighted by atomic mass is 35.5. The molecule has 1 N–H and O–H groups in total. The van der Waals surface area contributed by atoms with Crippen LogP contribution in [0.2, 0.25) is 10.0 Å². The number of carbonyl (C=O) groups excluding carboxylic acids is 1. The number of ether oxygens (including phenoxy) is 1. The summed E-state index contributed by atoms with van der Waals surface area (Å²) in [6, 6.07) is 21.0. The second kappa shape index (κ2) is 8.90. The molecule has 0 bridgehead atoms. The number of rotatable bonds is 4. The average Bonchev–Trinajstić information content (AvgIpc) is 2.82. The Labute approximate surface area is 203 Å². The highest BCUT2D eigenvalue weighted by molar-refractivity contribution is 6.31. The molecule has 0 unspecified atom stereocenters. The molecule has 1 spiro atoms. The van der Waals surface area contributed by atoms with Crippen molar-refractivity contribution in [2.24, 2.45) is 0 Å². The largest absolute Gasteiger partial charge is 0.497 e. The summed E-state index contributed by atoms with van der Waals surface area (Å²) in [5, 5.41) is 5.09. The molecule has 2 heterocycles. The topological polar surface area (TPSA) is 44.8 Å². The van der Waals surface area contributed by atoms with Crippen molar-refractivity contribution in [3.05, 3.63) is 87.9 Å². The number of nitrogens with one attached hydrogen (secondary N) is 1. The molecule has 7 heteroatoms. The van der Waals surface area contributed by atoms with Gasteiger partial charge in [-0.15, -0.1) is 0 Å². The van der Waals surface area contributed by atoms with E-state index in [2.05, 4.69) is 16.3 Å². The number of nitrogens with zero attached hydrogens (tertiary/aromatic N) is 2. The lowest BCUT2D eigenvalue weighted by atomic mass is 9.89. The number of fused-ring (bicyclic) bond motifs is 1. The van der Waals surface area contributed by atoms with Crippen LogP contribution in [0, 0.1) is 0 Å². The fourth-order valence-electron chi connectivity index (χ4n) is 4.82. The lowest BCUT2D eigenvalue weighted by molar-refractivity contribution is 0.0904. The monoisotopic (exact) mass is 481 g/mol. The molecule has 0 radical (unpaired) electrons. The zero-order valence-electron chi connectivity index (χ0n) is 18.4. The molecule has 0 saturated carbocycles. The van der Waals surface area contributed by atoms with Gasteiger partial charge in [-0.1, -0.05) is 41.4 Å². The number of hydrogen-bond donors (Lipinski definition) is 1. The number of likely N-dealkylation sites (tertiary alicyclic amines) is 1. The summed E-state index contributed by atoms with van der Waals surface area (Å²) < 4.78 is 5.32. The summed E-state index contributed by atoms with van der Waals surface area (Å²) in [6.45, 7) is 2.44. The van der Waals surface area contributed by atoms with Gasteiger partial charge in [0.15, 0.2) is 0 Å². The zero-order valence-corrected chi connectivity index (χ0v) is 19.9. The molecule has 2 aliphatic heterocycles. The van der Waals surface area contributed by atoms with E-state index in [1.165, 1.54) is 0 Å². The van der Waals surface area contributed by atoms with Gasteiger partial charge >= 0.3 is 0 Å². The number of methoxy groups -OCH3 is 1. The van der Waals surface area contributed by atoms with Crippen LogP contribution in [0.5, 0.6) is 5.75 Å². The summed E-state index contributed by atoms with van der Waals surface area (Å²) >= 11 is 12.7. The van der Waals surface area contributed by atoms with Crippen LogP contribution in [0.3, 0.4) is 0 Å². The van der Waals surface area contributed by atoms with Gasteiger partial charge in [0.05, 0.1) is 18.4 Å². The van der Waals surface area contributed by atoms with Crippen LogP contribution in [-0.4, -0.2) is 36.7 Å². The van der Waals surface area contributed by atoms with Gasteiger partial charge in [0.25, 0.3) is 5.91 Å². The molecule has 33 heavy (non-hydrogen) atoms. The van der Waals surface area contributed by atoms with Crippen molar-refractivity contribution in [1.29, 1.82) is 0 Å². The smallest absolute Gasteiger partial charge is 0.262 e. The Balaban J connectivity index is 1.46. The molecule has 1 fully saturated rings. The van der Waals surface area contributed by atoms with E-state index in [1.54, 1.807) is 19.2 Å². The number of anilines is 2. The van der Waals surface area contributed by atoms with E-state index in [0.29, 0.717) is 10.6 Å². The average molecular weight is 482 g/mol. The first-order valence-corrected chi connectivity index (χ1v) is 11.8. The predicted molar refractivity (Wildman–Crippen MR) is 134 cm³/mol. The maximum atomic E-state index is 13.8. The lowest BCUT2D eigenvalue weighted by Crippen LogP contribution is -2.64. The van der Waals surface area contributed by atoms with Gasteiger partial charge in [0, 0.05) is 48.2 Å². The van der Waals surface area contributed by atoms with E-state index in [0.717, 1.165) is 60.2 Å². The fourth-order valence-corrected chi connectivity index (χ4v) is 5.19. The van der Waals surface area contributed by atoms with Crippen LogP contribution in [0.1, 0.15) is 28.8 Å². The Bertz CT molecular complexity index is 1170. The van der Waals surface area contributed by atoms with Gasteiger partial charge in [-0.25, -0.2) is 0 Å². The molecule has 1 amide bonds. The number of benzene rings is 3. The quantitative estimate of drug-likeness (QED) is 0.491. The molecule has 0 aliphatic carbocycles. The summed E-state index contributed by atoms with van der Waals surface area (Å²) in [5.74, 6) is 0.733. The van der Waals surface area contributed by atoms with E-state index in [1.807, 2.05) is 53.4 Å². The Hall–Kier alpha value is -2.73. The molecule has 170 valence electrons. The van der Waals surface area contributed by atoms with Crippen molar-refractivity contribution < 1.29 is 9.53 Å². The van der Waals surface area contributed by atoms with Crippen molar-refractivity contribution >= 4 is 40.5 Å². The standard InChI is InChI=1S/C26H25Cl2N3O2/c1-33-21-9-7-20(8-10-21)31-25(32)22-11-6-19(27)16-24(22)29-26(31)12-14-30(15-13-26)17-18-4-2-3-5-23(18)28/h2-11,16,29H,12-15,17H2,1H3. The minimum atomic E-state index is -0.541. The predicted octanol–water partition coefficient (Wildman–Crippen LogP) is 6.07. The molecular formula is C26H25Cl2N3O2. The molecular weight excluding hydrogens is 457 g/mol. The summed E-state index contributed by atoms with van der Waals surface area (Å²) in [5.41, 5.74) is 2.83. The maximum absolute atomic E-state index is 13.8. The van der Waals surface area contributed by atoms with Crippen molar-refractivity contribution in [2.75, 3.05) is 30.4 Å². The van der Waals surface area contributed by atoms with Gasteiger partial charge in [-0.2, -0.15) is 0 Å². The van der Waals surface area contributed by atoms with Gasteiger partial charge < -0.3 is 10.1 Å². The summed E-state index contributed by atoms with van der Waals surface area (Å²) in [7, 11) is 1.64. The van der Waals surface area contributed by atoms with Crippen LogP contribution in [-0.2, 0) is 6.54 Å². The Morgan fingerprint density at radius 3 is 2.42 bits per heavy atom. The zero-order chi connectivity index (χ0) is 23.0. The van der Waals surface area contributed by atoms with E-state index in [9.17, 15) is 4.79 Å². The normalized spacial score (nSPS) is 17.5. The summed E-state index contributed by atoms with van der Waals surface area (Å²) in [6.07, 6.45) is 1.53. The molecule has 0 aromatic heterocycles. The van der Waals surface area contributed by atoms with Crippen LogP contribution in [0.25, 0.3) is 0 Å². The van der Waals surface area contributed by atoms with E-state index < -0.39 is 5.66 Å². The third-order valence-corrected chi connectivity index (χ3v) is 7.18. The van der Waals surface area contributed by atoms with Crippen LogP contribution >= 0.6 is 23.2 Å². The first-order chi connectivity index (χ1) is 16.0. The minimum absolute atomic E-state index is 0.0230. The molecule has 2 aliphatic rings. The molecule has 1 saturated heterocycles. The SMILES string of the molecule is COc1ccc(N2C(=O)c3ccc(Cl)cc3NC23CCN(Cc2ccccc2Cl)CC3)cc1. The summed E-state index contributed by atoms with van der Waals surface area (Å²) in [4.78, 5) is 18.1. The van der Waals surface area contributed by atoms with Crippen LogP contribution in [0.4, 0.5) is 11.4 Å². The third kappa shape index (κ3) is 4.17. The van der Waals surface area contributed by atoms with E-state index >= 15 is 0 Å². The van der Waals surface area contributed by atoms with Crippen molar-refractivity contribution in [2.45, 2.75) is 25.0 Å². The highest BCUT2D eigenvalue weighted by Crippen LogP contribution is 2.42. The molecule has 5 rings (SSSR count). The molecule has 5 nitrogen and oxygen atoms in total. The Kier molecular flexibility index (Phi) is 5.95. The Morgan fingerprint density at radius 1 is 1.00 bits per heavy atom. The number of carbonyl (C=O) groups is 1. The molecule has 0 atom stereocenters. The number of amides is 1. The van der Waals surface area contributed by atoms with E-state index in [-0.39, 0.29) is 5.91 Å². The lowest BCUT2D eigenvalue weighted by Gasteiger charge is -2.52. The number of halogens is 2. The number of hydrogen-bond acceptors (Lipinski definition) is 4. The van der Waals surface area contributed by atoms with Gasteiger partial charge in [-0.3, -0.25) is 14.6 Å². The van der Waals surface area contributed by atoms with Crippen LogP contribution < -0.4 is 15.0 Å². The maximum Gasteiger partial charge on any atom is 0.262 e. The van der Waals surface area contributed by atoms with Gasteiger partial charge in [0.1, 0.15) is 11.4 Å². The second-order valence-corrected chi connectivity index (χ2v) is 9.40. The second-order valence-electron chi connectivity index (χ2n) is 8.55. The van der Waals surface area contributed by atoms with Crippen LogP contribution in [0.15, 0.2) is 66.7 Å². The first-order valence-electron chi connectivity index (χ1n) is 11.0. The minimum Gasteiger partial charge on any atom is -0.497 e. The first kappa shape index (κ1) is 22.1. The fraction of sp³-hybridized carbons (Fsp3) is 0.269. The highest BCUT2D eigenvalue weighted by Gasteiger charge is 2.47. The third-order valence-electron chi connectivity index (χ3n) is 6.58.